The molecule has 20 heavy (non-hydrogen) atoms. The number of hydrogen-bond acceptors (Lipinski definition) is 3. The molecular formula is C13H12BrClN2O2S. The van der Waals surface area contributed by atoms with Crippen molar-refractivity contribution in [2.75, 3.05) is 7.05 Å². The van der Waals surface area contributed by atoms with Gasteiger partial charge in [-0.3, -0.25) is 4.98 Å². The summed E-state index contributed by atoms with van der Waals surface area (Å²) >= 11 is 9.10. The summed E-state index contributed by atoms with van der Waals surface area (Å²) in [6, 6.07) is 9.91. The summed E-state index contributed by atoms with van der Waals surface area (Å²) in [4.78, 5) is 4.31. The Labute approximate surface area is 131 Å². The molecule has 0 radical (unpaired) electrons. The van der Waals surface area contributed by atoms with Gasteiger partial charge in [0, 0.05) is 17.7 Å². The van der Waals surface area contributed by atoms with Crippen LogP contribution in [0.25, 0.3) is 0 Å². The first-order valence-corrected chi connectivity index (χ1v) is 8.33. The van der Waals surface area contributed by atoms with E-state index >= 15 is 0 Å². The first-order chi connectivity index (χ1) is 9.41. The molecular weight excluding hydrogens is 364 g/mol. The fraction of sp³-hybridized carbons (Fsp3) is 0.154. The van der Waals surface area contributed by atoms with Crippen LogP contribution in [0.1, 0.15) is 5.69 Å². The van der Waals surface area contributed by atoms with E-state index in [0.717, 1.165) is 0 Å². The van der Waals surface area contributed by atoms with Gasteiger partial charge in [0.1, 0.15) is 0 Å². The maximum atomic E-state index is 12.4. The molecule has 7 heteroatoms. The third-order valence-electron chi connectivity index (χ3n) is 2.71. The van der Waals surface area contributed by atoms with Crippen molar-refractivity contribution in [3.05, 3.63) is 57.8 Å². The average molecular weight is 376 g/mol. The molecule has 0 N–H and O–H groups in total. The maximum Gasteiger partial charge on any atom is 0.243 e. The van der Waals surface area contributed by atoms with Gasteiger partial charge in [0.25, 0.3) is 0 Å². The Kier molecular flexibility index (Phi) is 4.80. The van der Waals surface area contributed by atoms with Crippen LogP contribution >= 0.6 is 27.5 Å². The standard InChI is InChI=1S/C13H12BrClN2O2S/c1-17(9-10-4-2-3-7-16-10)20(18,19)11-5-6-13(15)12(14)8-11/h2-8H,9H2,1H3. The van der Waals surface area contributed by atoms with Crippen molar-refractivity contribution in [2.24, 2.45) is 0 Å². The fourth-order valence-electron chi connectivity index (χ4n) is 1.62. The molecule has 1 heterocycles. The number of rotatable bonds is 4. The predicted molar refractivity (Wildman–Crippen MR) is 82.0 cm³/mol. The normalized spacial score (nSPS) is 11.8. The molecule has 0 aliphatic rings. The lowest BCUT2D eigenvalue weighted by molar-refractivity contribution is 0.462. The van der Waals surface area contributed by atoms with Crippen LogP contribution in [0, 0.1) is 0 Å². The zero-order chi connectivity index (χ0) is 14.8. The Morgan fingerprint density at radius 1 is 1.30 bits per heavy atom. The molecule has 0 aliphatic heterocycles. The lowest BCUT2D eigenvalue weighted by Gasteiger charge is -2.17. The van der Waals surface area contributed by atoms with Gasteiger partial charge in [0.05, 0.1) is 22.2 Å². The highest BCUT2D eigenvalue weighted by Crippen LogP contribution is 2.26. The molecule has 0 spiro atoms. The molecule has 2 rings (SSSR count). The second-order valence-corrected chi connectivity index (χ2v) is 7.46. The largest absolute Gasteiger partial charge is 0.260 e. The molecule has 4 nitrogen and oxygen atoms in total. The van der Waals surface area contributed by atoms with Gasteiger partial charge in [-0.05, 0) is 46.3 Å². The molecule has 106 valence electrons. The van der Waals surface area contributed by atoms with E-state index in [2.05, 4.69) is 20.9 Å². The number of hydrogen-bond donors (Lipinski definition) is 0. The summed E-state index contributed by atoms with van der Waals surface area (Å²) in [5, 5.41) is 0.469. The summed E-state index contributed by atoms with van der Waals surface area (Å²) in [6.45, 7) is 0.212. The molecule has 0 atom stereocenters. The van der Waals surface area contributed by atoms with E-state index < -0.39 is 10.0 Å². The van der Waals surface area contributed by atoms with Crippen LogP contribution in [0.2, 0.25) is 5.02 Å². The second-order valence-electron chi connectivity index (χ2n) is 4.16. The third kappa shape index (κ3) is 3.38. The van der Waals surface area contributed by atoms with Crippen LogP contribution in [0.15, 0.2) is 52.0 Å². The van der Waals surface area contributed by atoms with Gasteiger partial charge < -0.3 is 0 Å². The number of aromatic nitrogens is 1. The second kappa shape index (κ2) is 6.22. The Morgan fingerprint density at radius 2 is 2.05 bits per heavy atom. The highest BCUT2D eigenvalue weighted by atomic mass is 79.9. The Bertz CT molecular complexity index is 708. The Morgan fingerprint density at radius 3 is 2.65 bits per heavy atom. The van der Waals surface area contributed by atoms with E-state index in [0.29, 0.717) is 15.2 Å². The minimum atomic E-state index is -3.57. The number of halogens is 2. The zero-order valence-electron chi connectivity index (χ0n) is 10.6. The molecule has 0 fully saturated rings. The van der Waals surface area contributed by atoms with Gasteiger partial charge in [-0.2, -0.15) is 4.31 Å². The summed E-state index contributed by atoms with van der Waals surface area (Å²) in [5.41, 5.74) is 0.687. The van der Waals surface area contributed by atoms with E-state index in [9.17, 15) is 8.42 Å². The molecule has 0 saturated heterocycles. The Balaban J connectivity index is 2.27. The third-order valence-corrected chi connectivity index (χ3v) is 5.72. The quantitative estimate of drug-likeness (QED) is 0.823. The first kappa shape index (κ1) is 15.4. The van der Waals surface area contributed by atoms with Crippen LogP contribution in [0.5, 0.6) is 0 Å². The molecule has 1 aromatic carbocycles. The van der Waals surface area contributed by atoms with Crippen molar-refractivity contribution in [1.29, 1.82) is 0 Å². The van der Waals surface area contributed by atoms with Crippen molar-refractivity contribution < 1.29 is 8.42 Å². The van der Waals surface area contributed by atoms with Crippen LogP contribution in [0.3, 0.4) is 0 Å². The van der Waals surface area contributed by atoms with Crippen molar-refractivity contribution >= 4 is 37.6 Å². The molecule has 1 aromatic heterocycles. The summed E-state index contributed by atoms with van der Waals surface area (Å²) in [5.74, 6) is 0. The zero-order valence-corrected chi connectivity index (χ0v) is 13.8. The average Bonchev–Trinajstić information content (AvgIpc) is 2.42. The fourth-order valence-corrected chi connectivity index (χ4v) is 3.44. The number of pyridine rings is 1. The van der Waals surface area contributed by atoms with E-state index in [4.69, 9.17) is 11.6 Å². The summed E-state index contributed by atoms with van der Waals surface area (Å²) < 4.78 is 26.7. The maximum absolute atomic E-state index is 12.4. The molecule has 0 unspecified atom stereocenters. The van der Waals surface area contributed by atoms with Crippen molar-refractivity contribution in [1.82, 2.24) is 9.29 Å². The topological polar surface area (TPSA) is 50.3 Å². The van der Waals surface area contributed by atoms with Crippen LogP contribution < -0.4 is 0 Å². The SMILES string of the molecule is CN(Cc1ccccn1)S(=O)(=O)c1ccc(Cl)c(Br)c1. The van der Waals surface area contributed by atoms with Gasteiger partial charge in [-0.1, -0.05) is 17.7 Å². The monoisotopic (exact) mass is 374 g/mol. The van der Waals surface area contributed by atoms with E-state index in [-0.39, 0.29) is 11.4 Å². The van der Waals surface area contributed by atoms with Gasteiger partial charge >= 0.3 is 0 Å². The van der Waals surface area contributed by atoms with Gasteiger partial charge in [0.15, 0.2) is 0 Å². The molecule has 2 aromatic rings. The van der Waals surface area contributed by atoms with Crippen molar-refractivity contribution in [3.63, 3.8) is 0 Å². The van der Waals surface area contributed by atoms with Crippen molar-refractivity contribution in [2.45, 2.75) is 11.4 Å². The smallest absolute Gasteiger partial charge is 0.243 e. The van der Waals surface area contributed by atoms with Gasteiger partial charge in [-0.25, -0.2) is 8.42 Å². The van der Waals surface area contributed by atoms with Gasteiger partial charge in [0.2, 0.25) is 10.0 Å². The number of sulfonamides is 1. The van der Waals surface area contributed by atoms with E-state index in [1.807, 2.05) is 6.07 Å². The van der Waals surface area contributed by atoms with Crippen molar-refractivity contribution in [3.8, 4) is 0 Å². The number of nitrogens with zero attached hydrogens (tertiary/aromatic N) is 2. The highest BCUT2D eigenvalue weighted by molar-refractivity contribution is 9.10. The van der Waals surface area contributed by atoms with E-state index in [1.54, 1.807) is 24.4 Å². The van der Waals surface area contributed by atoms with Gasteiger partial charge in [-0.15, -0.1) is 0 Å². The van der Waals surface area contributed by atoms with Crippen LogP contribution in [-0.2, 0) is 16.6 Å². The highest BCUT2D eigenvalue weighted by Gasteiger charge is 2.21. The lowest BCUT2D eigenvalue weighted by atomic mass is 10.3. The first-order valence-electron chi connectivity index (χ1n) is 5.72. The predicted octanol–water partition coefficient (Wildman–Crippen LogP) is 3.32. The number of benzene rings is 1. The molecule has 0 saturated carbocycles. The minimum absolute atomic E-state index is 0.187. The van der Waals surface area contributed by atoms with Crippen LogP contribution in [0.4, 0.5) is 0 Å². The van der Waals surface area contributed by atoms with Crippen LogP contribution in [-0.4, -0.2) is 24.8 Å². The summed E-state index contributed by atoms with van der Waals surface area (Å²) in [6.07, 6.45) is 1.63. The Hall–Kier alpha value is -0.950. The molecule has 0 amide bonds. The lowest BCUT2D eigenvalue weighted by Crippen LogP contribution is -2.26. The van der Waals surface area contributed by atoms with E-state index in [1.165, 1.54) is 23.5 Å². The molecule has 0 bridgehead atoms. The minimum Gasteiger partial charge on any atom is -0.260 e. The molecule has 0 aliphatic carbocycles. The summed E-state index contributed by atoms with van der Waals surface area (Å²) in [7, 11) is -2.05.